The van der Waals surface area contributed by atoms with Crippen LogP contribution in [0, 0.1) is 5.82 Å². The van der Waals surface area contributed by atoms with Crippen LogP contribution in [0.4, 0.5) is 4.39 Å². The molecule has 96 valence electrons. The van der Waals surface area contributed by atoms with Crippen molar-refractivity contribution in [1.29, 1.82) is 0 Å². The summed E-state index contributed by atoms with van der Waals surface area (Å²) in [5, 5.41) is 0. The van der Waals surface area contributed by atoms with Gasteiger partial charge in [-0.1, -0.05) is 12.2 Å². The quantitative estimate of drug-likeness (QED) is 0.596. The van der Waals surface area contributed by atoms with Crippen LogP contribution in [0.2, 0.25) is 0 Å². The Morgan fingerprint density at radius 3 is 2.72 bits per heavy atom. The fourth-order valence-corrected chi connectivity index (χ4v) is 2.26. The second-order valence-electron chi connectivity index (χ2n) is 4.58. The minimum absolute atomic E-state index is 0.0695. The van der Waals surface area contributed by atoms with E-state index in [4.69, 9.17) is 0 Å². The first-order chi connectivity index (χ1) is 8.61. The van der Waals surface area contributed by atoms with Gasteiger partial charge in [0.1, 0.15) is 11.5 Å². The minimum atomic E-state index is -0.531. The van der Waals surface area contributed by atoms with Gasteiger partial charge >= 0.3 is 5.97 Å². The molecule has 0 bridgehead atoms. The molecule has 3 nitrogen and oxygen atoms in total. The second-order valence-corrected chi connectivity index (χ2v) is 4.58. The van der Waals surface area contributed by atoms with Crippen LogP contribution in [0.1, 0.15) is 47.8 Å². The molecule has 1 fully saturated rings. The lowest BCUT2D eigenvalue weighted by atomic mass is 9.84. The molecule has 2 rings (SSSR count). The Hall–Kier alpha value is -1.71. The van der Waals surface area contributed by atoms with Crippen molar-refractivity contribution >= 4 is 5.97 Å². The number of pyridine rings is 1. The number of allylic oxidation sites excluding steroid dienone is 1. The van der Waals surface area contributed by atoms with Gasteiger partial charge < -0.3 is 4.74 Å². The Bertz CT molecular complexity index is 475. The predicted molar refractivity (Wildman–Crippen MR) is 65.9 cm³/mol. The van der Waals surface area contributed by atoms with E-state index in [1.807, 2.05) is 0 Å². The van der Waals surface area contributed by atoms with Gasteiger partial charge in [-0.25, -0.2) is 14.2 Å². The minimum Gasteiger partial charge on any atom is -0.464 e. The normalized spacial score (nSPS) is 16.7. The third-order valence-corrected chi connectivity index (χ3v) is 3.35. The van der Waals surface area contributed by atoms with E-state index in [2.05, 4.69) is 16.3 Å². The lowest BCUT2D eigenvalue weighted by Crippen LogP contribution is -2.13. The van der Waals surface area contributed by atoms with Crippen LogP contribution >= 0.6 is 0 Å². The van der Waals surface area contributed by atoms with Crippen LogP contribution in [0.15, 0.2) is 24.3 Å². The number of halogens is 1. The molecule has 1 aliphatic rings. The highest BCUT2D eigenvalue weighted by Gasteiger charge is 2.23. The number of aromatic nitrogens is 1. The van der Waals surface area contributed by atoms with Crippen molar-refractivity contribution in [3.05, 3.63) is 41.5 Å². The molecule has 0 N–H and O–H groups in total. The number of ether oxygens (including phenoxy) is 1. The molecule has 1 aromatic heterocycles. The average molecular weight is 249 g/mol. The summed E-state index contributed by atoms with van der Waals surface area (Å²) in [6.07, 6.45) is 3.48. The van der Waals surface area contributed by atoms with Crippen LogP contribution in [-0.2, 0) is 4.74 Å². The van der Waals surface area contributed by atoms with E-state index in [0.717, 1.165) is 25.7 Å². The fourth-order valence-electron chi connectivity index (χ4n) is 2.26. The number of nitrogens with zero attached hydrogens (tertiary/aromatic N) is 1. The molecule has 0 unspecified atom stereocenters. The van der Waals surface area contributed by atoms with Crippen molar-refractivity contribution in [2.75, 3.05) is 7.11 Å². The Balaban J connectivity index is 2.26. The van der Waals surface area contributed by atoms with E-state index in [1.165, 1.54) is 24.8 Å². The van der Waals surface area contributed by atoms with Crippen molar-refractivity contribution in [2.45, 2.75) is 31.6 Å². The second kappa shape index (κ2) is 5.29. The van der Waals surface area contributed by atoms with Gasteiger partial charge in [-0.3, -0.25) is 0 Å². The first kappa shape index (κ1) is 12.7. The van der Waals surface area contributed by atoms with Crippen LogP contribution < -0.4 is 0 Å². The lowest BCUT2D eigenvalue weighted by molar-refractivity contribution is 0.0593. The molecule has 0 atom stereocenters. The van der Waals surface area contributed by atoms with E-state index >= 15 is 0 Å². The van der Waals surface area contributed by atoms with Gasteiger partial charge in [-0.2, -0.15) is 0 Å². The summed E-state index contributed by atoms with van der Waals surface area (Å²) in [6, 6.07) is 2.64. The van der Waals surface area contributed by atoms with Crippen molar-refractivity contribution in [3.8, 4) is 0 Å². The summed E-state index contributed by atoms with van der Waals surface area (Å²) in [6.45, 7) is 3.94. The van der Waals surface area contributed by atoms with Gasteiger partial charge in [0.25, 0.3) is 0 Å². The molecule has 0 aromatic carbocycles. The largest absolute Gasteiger partial charge is 0.464 e. The Morgan fingerprint density at radius 2 is 2.11 bits per heavy atom. The molecule has 0 radical (unpaired) electrons. The number of hydrogen-bond donors (Lipinski definition) is 0. The van der Waals surface area contributed by atoms with Gasteiger partial charge in [0, 0.05) is 5.92 Å². The van der Waals surface area contributed by atoms with E-state index in [9.17, 15) is 9.18 Å². The van der Waals surface area contributed by atoms with Crippen molar-refractivity contribution in [2.24, 2.45) is 0 Å². The summed E-state index contributed by atoms with van der Waals surface area (Å²) in [7, 11) is 1.29. The molecule has 1 aromatic rings. The summed E-state index contributed by atoms with van der Waals surface area (Å²) in [5.41, 5.74) is 1.75. The summed E-state index contributed by atoms with van der Waals surface area (Å²) >= 11 is 0. The molecule has 0 spiro atoms. The average Bonchev–Trinajstić information content (AvgIpc) is 2.39. The van der Waals surface area contributed by atoms with Gasteiger partial charge in [-0.15, -0.1) is 0 Å². The number of rotatable bonds is 2. The third kappa shape index (κ3) is 2.58. The molecule has 1 heterocycles. The first-order valence-electron chi connectivity index (χ1n) is 6.03. The molecule has 0 saturated heterocycles. The molecule has 1 aliphatic carbocycles. The Kier molecular flexibility index (Phi) is 3.75. The standard InChI is InChI=1S/C14H16FNO2/c1-9-3-5-10(6-4-9)13-11(15)7-8-12(16-13)14(17)18-2/h7-8,10H,1,3-6H2,2H3. The fraction of sp³-hybridized carbons (Fsp3) is 0.429. The van der Waals surface area contributed by atoms with Gasteiger partial charge in [0.2, 0.25) is 0 Å². The van der Waals surface area contributed by atoms with Crippen LogP contribution in [0.25, 0.3) is 0 Å². The van der Waals surface area contributed by atoms with Crippen molar-refractivity contribution in [3.63, 3.8) is 0 Å². The maximum absolute atomic E-state index is 13.8. The smallest absolute Gasteiger partial charge is 0.356 e. The molecule has 0 amide bonds. The molecular weight excluding hydrogens is 233 g/mol. The molecule has 0 aliphatic heterocycles. The number of carbonyl (C=O) groups is 1. The highest BCUT2D eigenvalue weighted by Crippen LogP contribution is 2.34. The molecule has 4 heteroatoms. The van der Waals surface area contributed by atoms with E-state index in [0.29, 0.717) is 5.69 Å². The zero-order chi connectivity index (χ0) is 13.1. The topological polar surface area (TPSA) is 39.2 Å². The number of carbonyl (C=O) groups excluding carboxylic acids is 1. The molecule has 18 heavy (non-hydrogen) atoms. The van der Waals surface area contributed by atoms with Crippen molar-refractivity contribution in [1.82, 2.24) is 4.98 Å². The van der Waals surface area contributed by atoms with Gasteiger partial charge in [0.05, 0.1) is 12.8 Å². The summed E-state index contributed by atoms with van der Waals surface area (Å²) in [5.74, 6) is -0.809. The predicted octanol–water partition coefficient (Wildman–Crippen LogP) is 3.22. The number of esters is 1. The molecular formula is C14H16FNO2. The van der Waals surface area contributed by atoms with E-state index < -0.39 is 5.97 Å². The Labute approximate surface area is 106 Å². The van der Waals surface area contributed by atoms with Gasteiger partial charge in [-0.05, 0) is 37.8 Å². The number of methoxy groups -OCH3 is 1. The van der Waals surface area contributed by atoms with Crippen LogP contribution in [-0.4, -0.2) is 18.1 Å². The lowest BCUT2D eigenvalue weighted by Gasteiger charge is -2.23. The maximum atomic E-state index is 13.8. The number of hydrogen-bond acceptors (Lipinski definition) is 3. The maximum Gasteiger partial charge on any atom is 0.356 e. The third-order valence-electron chi connectivity index (χ3n) is 3.35. The van der Waals surface area contributed by atoms with E-state index in [1.54, 1.807) is 0 Å². The SMILES string of the molecule is C=C1CCC(c2nc(C(=O)OC)ccc2F)CC1. The van der Waals surface area contributed by atoms with Crippen molar-refractivity contribution < 1.29 is 13.9 Å². The van der Waals surface area contributed by atoms with E-state index in [-0.39, 0.29) is 17.4 Å². The zero-order valence-corrected chi connectivity index (χ0v) is 10.4. The van der Waals surface area contributed by atoms with Crippen LogP contribution in [0.5, 0.6) is 0 Å². The Morgan fingerprint density at radius 1 is 1.44 bits per heavy atom. The highest BCUT2D eigenvalue weighted by atomic mass is 19.1. The molecule has 1 saturated carbocycles. The zero-order valence-electron chi connectivity index (χ0n) is 10.4. The summed E-state index contributed by atoms with van der Waals surface area (Å²) < 4.78 is 18.4. The highest BCUT2D eigenvalue weighted by molar-refractivity contribution is 5.87. The van der Waals surface area contributed by atoms with Gasteiger partial charge in [0.15, 0.2) is 0 Å². The first-order valence-corrected chi connectivity index (χ1v) is 6.03. The summed E-state index contributed by atoms with van der Waals surface area (Å²) in [4.78, 5) is 15.5. The monoisotopic (exact) mass is 249 g/mol. The van der Waals surface area contributed by atoms with Crippen LogP contribution in [0.3, 0.4) is 0 Å².